The zero-order valence-corrected chi connectivity index (χ0v) is 10.0. The second-order valence-electron chi connectivity index (χ2n) is 3.70. The third-order valence-electron chi connectivity index (χ3n) is 2.60. The zero-order chi connectivity index (χ0) is 13.1. The van der Waals surface area contributed by atoms with E-state index in [2.05, 4.69) is 0 Å². The summed E-state index contributed by atoms with van der Waals surface area (Å²) in [6.07, 6.45) is 0.740. The second-order valence-corrected chi connectivity index (χ2v) is 4.11. The SMILES string of the molecule is O=Cc1ccccc1-c1ccc(Cl)c(C(=O)O)c1. The average Bonchev–Trinajstić information content (AvgIpc) is 2.39. The van der Waals surface area contributed by atoms with Gasteiger partial charge in [-0.25, -0.2) is 4.79 Å². The van der Waals surface area contributed by atoms with Crippen LogP contribution in [-0.4, -0.2) is 17.4 Å². The maximum Gasteiger partial charge on any atom is 0.337 e. The van der Waals surface area contributed by atoms with Crippen molar-refractivity contribution in [3.8, 4) is 11.1 Å². The number of hydrogen-bond acceptors (Lipinski definition) is 2. The Morgan fingerprint density at radius 3 is 2.56 bits per heavy atom. The molecule has 1 N–H and O–H groups in total. The minimum absolute atomic E-state index is 0.0230. The molecule has 0 heterocycles. The summed E-state index contributed by atoms with van der Waals surface area (Å²) in [6.45, 7) is 0. The Morgan fingerprint density at radius 2 is 1.89 bits per heavy atom. The van der Waals surface area contributed by atoms with E-state index in [1.54, 1.807) is 30.3 Å². The van der Waals surface area contributed by atoms with E-state index in [1.807, 2.05) is 0 Å². The quantitative estimate of drug-likeness (QED) is 0.859. The minimum Gasteiger partial charge on any atom is -0.478 e. The first kappa shape index (κ1) is 12.3. The molecule has 4 heteroatoms. The molecule has 90 valence electrons. The lowest BCUT2D eigenvalue weighted by Crippen LogP contribution is -1.98. The van der Waals surface area contributed by atoms with Crippen LogP contribution in [0.5, 0.6) is 0 Å². The summed E-state index contributed by atoms with van der Waals surface area (Å²) >= 11 is 5.80. The highest BCUT2D eigenvalue weighted by molar-refractivity contribution is 6.33. The number of hydrogen-bond donors (Lipinski definition) is 1. The standard InChI is InChI=1S/C14H9ClO3/c15-13-6-5-9(7-12(13)14(17)18)11-4-2-1-3-10(11)8-16/h1-8H,(H,17,18). The molecule has 0 spiro atoms. The molecule has 2 aromatic carbocycles. The molecule has 0 aromatic heterocycles. The third-order valence-corrected chi connectivity index (χ3v) is 2.93. The van der Waals surface area contributed by atoms with E-state index < -0.39 is 5.97 Å². The Bertz CT molecular complexity index is 620. The van der Waals surface area contributed by atoms with Gasteiger partial charge in [0.2, 0.25) is 0 Å². The van der Waals surface area contributed by atoms with Crippen LogP contribution in [0.15, 0.2) is 42.5 Å². The molecule has 0 aliphatic heterocycles. The molecule has 0 atom stereocenters. The summed E-state index contributed by atoms with van der Waals surface area (Å²) in [4.78, 5) is 21.9. The van der Waals surface area contributed by atoms with Crippen molar-refractivity contribution in [1.29, 1.82) is 0 Å². The van der Waals surface area contributed by atoms with Crippen LogP contribution < -0.4 is 0 Å². The fourth-order valence-corrected chi connectivity index (χ4v) is 1.92. The highest BCUT2D eigenvalue weighted by Gasteiger charge is 2.11. The summed E-state index contributed by atoms with van der Waals surface area (Å²) < 4.78 is 0. The van der Waals surface area contributed by atoms with Crippen molar-refractivity contribution in [3.63, 3.8) is 0 Å². The third kappa shape index (κ3) is 2.26. The molecule has 2 rings (SSSR count). The van der Waals surface area contributed by atoms with E-state index in [9.17, 15) is 9.59 Å². The minimum atomic E-state index is -1.09. The van der Waals surface area contributed by atoms with Crippen molar-refractivity contribution >= 4 is 23.9 Å². The van der Waals surface area contributed by atoms with Crippen molar-refractivity contribution in [2.24, 2.45) is 0 Å². The Labute approximate surface area is 109 Å². The molecule has 0 aliphatic rings. The molecular weight excluding hydrogens is 252 g/mol. The smallest absolute Gasteiger partial charge is 0.337 e. The summed E-state index contributed by atoms with van der Waals surface area (Å²) in [5, 5.41) is 9.19. The van der Waals surface area contributed by atoms with Gasteiger partial charge in [-0.3, -0.25) is 4.79 Å². The van der Waals surface area contributed by atoms with Crippen molar-refractivity contribution < 1.29 is 14.7 Å². The Kier molecular flexibility index (Phi) is 3.44. The van der Waals surface area contributed by atoms with Gasteiger partial charge in [0.25, 0.3) is 0 Å². The van der Waals surface area contributed by atoms with Crippen molar-refractivity contribution in [2.75, 3.05) is 0 Å². The first-order valence-electron chi connectivity index (χ1n) is 5.21. The normalized spacial score (nSPS) is 10.1. The summed E-state index contributed by atoms with van der Waals surface area (Å²) in [7, 11) is 0. The van der Waals surface area contributed by atoms with Crippen LogP contribution in [0.3, 0.4) is 0 Å². The van der Waals surface area contributed by atoms with Gasteiger partial charge in [0.1, 0.15) is 0 Å². The van der Waals surface area contributed by atoms with Crippen LogP contribution in [0.4, 0.5) is 0 Å². The maximum atomic E-state index is 11.0. The van der Waals surface area contributed by atoms with Crippen LogP contribution >= 0.6 is 11.6 Å². The lowest BCUT2D eigenvalue weighted by atomic mass is 9.99. The number of carboxylic acid groups (broad SMARTS) is 1. The molecule has 0 aliphatic carbocycles. The van der Waals surface area contributed by atoms with Gasteiger partial charge in [0, 0.05) is 5.56 Å². The second kappa shape index (κ2) is 5.02. The van der Waals surface area contributed by atoms with Crippen LogP contribution in [0, 0.1) is 0 Å². The van der Waals surface area contributed by atoms with E-state index in [0.717, 1.165) is 6.29 Å². The van der Waals surface area contributed by atoms with Crippen LogP contribution in [-0.2, 0) is 0 Å². The number of carbonyl (C=O) groups is 2. The first-order chi connectivity index (χ1) is 8.63. The number of carbonyl (C=O) groups excluding carboxylic acids is 1. The molecule has 0 unspecified atom stereocenters. The first-order valence-corrected chi connectivity index (χ1v) is 5.58. The number of aromatic carboxylic acids is 1. The Hall–Kier alpha value is -2.13. The van der Waals surface area contributed by atoms with E-state index in [-0.39, 0.29) is 10.6 Å². The molecule has 0 amide bonds. The number of carboxylic acids is 1. The lowest BCUT2D eigenvalue weighted by molar-refractivity contribution is 0.0697. The number of aldehydes is 1. The van der Waals surface area contributed by atoms with Crippen LogP contribution in [0.2, 0.25) is 5.02 Å². The van der Waals surface area contributed by atoms with E-state index in [4.69, 9.17) is 16.7 Å². The zero-order valence-electron chi connectivity index (χ0n) is 9.26. The van der Waals surface area contributed by atoms with Crippen LogP contribution in [0.25, 0.3) is 11.1 Å². The van der Waals surface area contributed by atoms with E-state index >= 15 is 0 Å². The van der Waals surface area contributed by atoms with Crippen LogP contribution in [0.1, 0.15) is 20.7 Å². The monoisotopic (exact) mass is 260 g/mol. The highest BCUT2D eigenvalue weighted by Crippen LogP contribution is 2.27. The van der Waals surface area contributed by atoms with Gasteiger partial charge in [-0.15, -0.1) is 0 Å². The summed E-state index contributed by atoms with van der Waals surface area (Å²) in [5.41, 5.74) is 1.87. The molecule has 0 bridgehead atoms. The molecular formula is C14H9ClO3. The lowest BCUT2D eigenvalue weighted by Gasteiger charge is -2.07. The predicted molar refractivity (Wildman–Crippen MR) is 69.2 cm³/mol. The van der Waals surface area contributed by atoms with Gasteiger partial charge in [-0.2, -0.15) is 0 Å². The largest absolute Gasteiger partial charge is 0.478 e. The highest BCUT2D eigenvalue weighted by atomic mass is 35.5. The average molecular weight is 261 g/mol. The Morgan fingerprint density at radius 1 is 1.17 bits per heavy atom. The fraction of sp³-hybridized carbons (Fsp3) is 0. The molecule has 0 radical (unpaired) electrons. The van der Waals surface area contributed by atoms with Gasteiger partial charge in [0.05, 0.1) is 10.6 Å². The van der Waals surface area contributed by atoms with Crippen molar-refractivity contribution in [1.82, 2.24) is 0 Å². The number of rotatable bonds is 3. The summed E-state index contributed by atoms with van der Waals surface area (Å²) in [6, 6.07) is 11.7. The molecule has 0 saturated heterocycles. The van der Waals surface area contributed by atoms with E-state index in [1.165, 1.54) is 12.1 Å². The molecule has 0 saturated carbocycles. The predicted octanol–water partition coefficient (Wildman–Crippen LogP) is 3.52. The van der Waals surface area contributed by atoms with Gasteiger partial charge in [-0.05, 0) is 23.3 Å². The van der Waals surface area contributed by atoms with Gasteiger partial charge in [-0.1, -0.05) is 41.9 Å². The molecule has 0 fully saturated rings. The summed E-state index contributed by atoms with van der Waals surface area (Å²) in [5.74, 6) is -1.09. The van der Waals surface area contributed by atoms with E-state index in [0.29, 0.717) is 16.7 Å². The number of halogens is 1. The molecule has 18 heavy (non-hydrogen) atoms. The Balaban J connectivity index is 2.61. The van der Waals surface area contributed by atoms with Gasteiger partial charge in [0.15, 0.2) is 6.29 Å². The number of benzene rings is 2. The molecule has 2 aromatic rings. The maximum absolute atomic E-state index is 11.0. The topological polar surface area (TPSA) is 54.4 Å². The van der Waals surface area contributed by atoms with Gasteiger partial charge < -0.3 is 5.11 Å². The fourth-order valence-electron chi connectivity index (χ4n) is 1.72. The van der Waals surface area contributed by atoms with Gasteiger partial charge >= 0.3 is 5.97 Å². The van der Waals surface area contributed by atoms with Crippen molar-refractivity contribution in [2.45, 2.75) is 0 Å². The molecule has 3 nitrogen and oxygen atoms in total. The van der Waals surface area contributed by atoms with Crippen molar-refractivity contribution in [3.05, 3.63) is 58.6 Å².